The Balaban J connectivity index is 1.30. The van der Waals surface area contributed by atoms with E-state index in [0.29, 0.717) is 21.4 Å². The number of halogens is 2. The zero-order chi connectivity index (χ0) is 28.9. The second-order valence-corrected chi connectivity index (χ2v) is 13.4. The number of hydrogen-bond donors (Lipinski definition) is 0. The molecule has 0 radical (unpaired) electrons. The monoisotopic (exact) mass is 634 g/mol. The molecule has 4 fully saturated rings. The van der Waals surface area contributed by atoms with Gasteiger partial charge in [0, 0.05) is 19.8 Å². The zero-order valence-corrected chi connectivity index (χ0v) is 24.7. The van der Waals surface area contributed by atoms with Gasteiger partial charge in [0.15, 0.2) is 0 Å². The summed E-state index contributed by atoms with van der Waals surface area (Å²) in [4.78, 5) is 61.1. The molecule has 2 aromatic heterocycles. The average molecular weight is 636 g/mol. The highest BCUT2D eigenvalue weighted by Gasteiger charge is 2.74. The van der Waals surface area contributed by atoms with E-state index in [1.165, 1.54) is 32.5 Å². The fraction of sp³-hybridized carbons (Fsp3) is 0.200. The number of carbonyl (C=O) groups is 4. The first-order valence-corrected chi connectivity index (χ1v) is 15.8. The summed E-state index contributed by atoms with van der Waals surface area (Å²) in [6.07, 6.45) is 0. The van der Waals surface area contributed by atoms with Crippen LogP contribution in [0.25, 0.3) is 0 Å². The van der Waals surface area contributed by atoms with Crippen LogP contribution in [0.2, 0.25) is 10.0 Å². The van der Waals surface area contributed by atoms with Gasteiger partial charge >= 0.3 is 0 Å². The van der Waals surface area contributed by atoms with Crippen LogP contribution in [0.15, 0.2) is 83.6 Å². The number of anilines is 2. The summed E-state index contributed by atoms with van der Waals surface area (Å²) in [5.41, 5.74) is 0.877. The predicted octanol–water partition coefficient (Wildman–Crippen LogP) is 5.56. The second-order valence-electron chi connectivity index (χ2n) is 10.6. The molecule has 6 heterocycles. The topological polar surface area (TPSA) is 81.2 Å². The Kier molecular flexibility index (Phi) is 5.98. The van der Waals surface area contributed by atoms with Crippen molar-refractivity contribution in [3.8, 4) is 0 Å². The Hall–Kier alpha value is -3.38. The summed E-state index contributed by atoms with van der Waals surface area (Å²) in [6.45, 7) is 0. The smallest absolute Gasteiger partial charge is 0.253 e. The Morgan fingerprint density at radius 1 is 0.500 bits per heavy atom. The molecule has 210 valence electrons. The van der Waals surface area contributed by atoms with Crippen molar-refractivity contribution in [2.75, 3.05) is 9.80 Å². The third-order valence-corrected chi connectivity index (χ3v) is 11.0. The SMILES string of the molecule is O=C1[C@@H]2[C@@H](C(=O)N1c1ccc(Cl)cc1)N1[C@@H](c3cccs3)[C@@H]3C(=O)N(c4ccc(Cl)cc4)C(=O)[C@@H]3N1[C@@H]2c1cccs1. The molecule has 2 aromatic carbocycles. The maximum Gasteiger partial charge on any atom is 0.253 e. The average Bonchev–Trinajstić information content (AvgIpc) is 3.81. The molecule has 0 spiro atoms. The van der Waals surface area contributed by atoms with Gasteiger partial charge < -0.3 is 0 Å². The minimum absolute atomic E-state index is 0.340. The van der Waals surface area contributed by atoms with E-state index in [9.17, 15) is 19.2 Å². The normalized spacial score (nSPS) is 29.1. The molecule has 8 rings (SSSR count). The molecule has 4 amide bonds. The third-order valence-electron chi connectivity index (χ3n) is 8.56. The van der Waals surface area contributed by atoms with Crippen molar-refractivity contribution in [3.63, 3.8) is 0 Å². The Bertz CT molecular complexity index is 1620. The van der Waals surface area contributed by atoms with Crippen molar-refractivity contribution in [1.82, 2.24) is 10.0 Å². The molecule has 4 saturated heterocycles. The fourth-order valence-corrected chi connectivity index (χ4v) is 8.98. The number of hydrazine groups is 1. The van der Waals surface area contributed by atoms with Crippen molar-refractivity contribution < 1.29 is 19.2 Å². The van der Waals surface area contributed by atoms with Crippen LogP contribution in [0.5, 0.6) is 0 Å². The largest absolute Gasteiger partial charge is 0.274 e. The van der Waals surface area contributed by atoms with Gasteiger partial charge in [-0.3, -0.25) is 19.2 Å². The van der Waals surface area contributed by atoms with Gasteiger partial charge in [-0.15, -0.1) is 22.7 Å². The molecule has 0 aliphatic carbocycles. The first kappa shape index (κ1) is 26.3. The van der Waals surface area contributed by atoms with Crippen molar-refractivity contribution >= 4 is 80.9 Å². The van der Waals surface area contributed by atoms with E-state index in [2.05, 4.69) is 0 Å². The molecule has 42 heavy (non-hydrogen) atoms. The van der Waals surface area contributed by atoms with E-state index in [1.54, 1.807) is 48.5 Å². The van der Waals surface area contributed by atoms with E-state index in [4.69, 9.17) is 23.2 Å². The number of thiophene rings is 2. The van der Waals surface area contributed by atoms with Crippen molar-refractivity contribution in [2.45, 2.75) is 24.2 Å². The second kappa shape index (κ2) is 9.57. The Labute approximate surface area is 258 Å². The van der Waals surface area contributed by atoms with Gasteiger partial charge in [0.25, 0.3) is 11.8 Å². The first-order valence-electron chi connectivity index (χ1n) is 13.3. The van der Waals surface area contributed by atoms with Crippen LogP contribution in [0.1, 0.15) is 21.8 Å². The van der Waals surface area contributed by atoms with Gasteiger partial charge in [0.2, 0.25) is 11.8 Å². The highest BCUT2D eigenvalue weighted by atomic mass is 35.5. The van der Waals surface area contributed by atoms with Crippen molar-refractivity contribution in [1.29, 1.82) is 0 Å². The highest BCUT2D eigenvalue weighted by Crippen LogP contribution is 2.60. The lowest BCUT2D eigenvalue weighted by Gasteiger charge is -2.35. The summed E-state index contributed by atoms with van der Waals surface area (Å²) in [6, 6.07) is 17.8. The number of imide groups is 2. The van der Waals surface area contributed by atoms with Gasteiger partial charge in [0.1, 0.15) is 12.1 Å². The molecule has 4 aliphatic rings. The molecule has 12 heteroatoms. The quantitative estimate of drug-likeness (QED) is 0.273. The van der Waals surface area contributed by atoms with Crippen LogP contribution < -0.4 is 9.80 Å². The van der Waals surface area contributed by atoms with E-state index >= 15 is 0 Å². The number of fused-ring (bicyclic) bond motifs is 5. The molecular weight excluding hydrogens is 615 g/mol. The number of rotatable bonds is 4. The summed E-state index contributed by atoms with van der Waals surface area (Å²) in [7, 11) is 0. The predicted molar refractivity (Wildman–Crippen MR) is 160 cm³/mol. The number of nitrogens with zero attached hydrogens (tertiary/aromatic N) is 4. The summed E-state index contributed by atoms with van der Waals surface area (Å²) >= 11 is 15.1. The highest BCUT2D eigenvalue weighted by molar-refractivity contribution is 7.10. The molecule has 4 aromatic rings. The summed E-state index contributed by atoms with van der Waals surface area (Å²) < 4.78 is 0. The molecule has 0 bridgehead atoms. The van der Waals surface area contributed by atoms with E-state index in [0.717, 1.165) is 9.75 Å². The third kappa shape index (κ3) is 3.54. The lowest BCUT2D eigenvalue weighted by molar-refractivity contribution is -0.135. The molecule has 0 N–H and O–H groups in total. The van der Waals surface area contributed by atoms with Crippen LogP contribution in [0.4, 0.5) is 11.4 Å². The summed E-state index contributed by atoms with van der Waals surface area (Å²) in [5, 5.41) is 8.57. The van der Waals surface area contributed by atoms with Crippen LogP contribution in [0, 0.1) is 11.8 Å². The summed E-state index contributed by atoms with van der Waals surface area (Å²) in [5.74, 6) is -2.99. The number of amides is 4. The first-order chi connectivity index (χ1) is 20.4. The van der Waals surface area contributed by atoms with Gasteiger partial charge in [-0.25, -0.2) is 19.8 Å². The zero-order valence-electron chi connectivity index (χ0n) is 21.5. The van der Waals surface area contributed by atoms with Crippen LogP contribution in [0.3, 0.4) is 0 Å². The fourth-order valence-electron chi connectivity index (χ4n) is 7.00. The van der Waals surface area contributed by atoms with Gasteiger partial charge in [-0.2, -0.15) is 0 Å². The van der Waals surface area contributed by atoms with Gasteiger partial charge in [0.05, 0.1) is 35.3 Å². The minimum Gasteiger partial charge on any atom is -0.274 e. The van der Waals surface area contributed by atoms with E-state index in [-0.39, 0.29) is 23.6 Å². The molecular formula is C30H20Cl2N4O4S2. The lowest BCUT2D eigenvalue weighted by atomic mass is 9.88. The number of benzene rings is 2. The van der Waals surface area contributed by atoms with Crippen LogP contribution in [-0.4, -0.2) is 45.7 Å². The van der Waals surface area contributed by atoms with Gasteiger partial charge in [-0.1, -0.05) is 35.3 Å². The molecule has 4 aliphatic heterocycles. The maximum atomic E-state index is 14.3. The Morgan fingerprint density at radius 3 is 1.21 bits per heavy atom. The van der Waals surface area contributed by atoms with Crippen LogP contribution in [-0.2, 0) is 19.2 Å². The molecule has 0 unspecified atom stereocenters. The lowest BCUT2D eigenvalue weighted by Crippen LogP contribution is -2.50. The number of carbonyl (C=O) groups excluding carboxylic acids is 4. The van der Waals surface area contributed by atoms with Crippen molar-refractivity contribution in [3.05, 3.63) is 103 Å². The molecule has 8 nitrogen and oxygen atoms in total. The van der Waals surface area contributed by atoms with Gasteiger partial charge in [-0.05, 0) is 71.4 Å². The standard InChI is InChI=1S/C30H20Cl2N4O4S2/c31-15-5-9-17(10-6-15)33-27(37)21-23(19-3-1-13-41-19)35-26-22(24(20-4-2-14-42-20)36(35)25(21)29(33)39)28(38)34(30(26)40)18-11-7-16(32)8-12-18/h1-14,21-26H/t21-,22-,23-,24+,25+,26-/m0/s1. The molecule has 0 saturated carbocycles. The van der Waals surface area contributed by atoms with E-state index in [1.807, 2.05) is 45.0 Å². The van der Waals surface area contributed by atoms with E-state index < -0.39 is 36.0 Å². The Morgan fingerprint density at radius 2 is 0.881 bits per heavy atom. The number of hydrogen-bond acceptors (Lipinski definition) is 8. The maximum absolute atomic E-state index is 14.3. The minimum atomic E-state index is -0.887. The van der Waals surface area contributed by atoms with Crippen LogP contribution >= 0.6 is 45.9 Å². The van der Waals surface area contributed by atoms with Crippen molar-refractivity contribution in [2.24, 2.45) is 11.8 Å². The molecule has 6 atom stereocenters.